The number of anilines is 1. The maximum atomic E-state index is 11.0. The number of piperidine rings is 1. The topological polar surface area (TPSA) is 71.0 Å². The van der Waals surface area contributed by atoms with E-state index in [1.807, 2.05) is 19.1 Å². The number of hydrogen-bond acceptors (Lipinski definition) is 5. The molecule has 0 spiro atoms. The van der Waals surface area contributed by atoms with Crippen LogP contribution in [0, 0.1) is 11.8 Å². The highest BCUT2D eigenvalue weighted by Crippen LogP contribution is 2.45. The van der Waals surface area contributed by atoms with Gasteiger partial charge in [0.1, 0.15) is 0 Å². The largest absolute Gasteiger partial charge is 0.353 e. The molecule has 1 saturated carbocycles. The Morgan fingerprint density at radius 2 is 2.04 bits per heavy atom. The van der Waals surface area contributed by atoms with Crippen molar-refractivity contribution in [3.8, 4) is 0 Å². The van der Waals surface area contributed by atoms with Crippen LogP contribution in [0.25, 0.3) is 6.08 Å². The van der Waals surface area contributed by atoms with Gasteiger partial charge in [0, 0.05) is 38.1 Å². The fourth-order valence-corrected chi connectivity index (χ4v) is 3.01. The molecular weight excluding hydrogens is 350 g/mol. The van der Waals surface area contributed by atoms with E-state index in [4.69, 9.17) is 11.6 Å². The molecule has 7 heteroatoms. The maximum Gasteiger partial charge on any atom is 0.243 e. The summed E-state index contributed by atoms with van der Waals surface area (Å²) in [4.78, 5) is 25.6. The van der Waals surface area contributed by atoms with Crippen LogP contribution < -0.4 is 10.2 Å². The van der Waals surface area contributed by atoms with Crippen LogP contribution in [0.4, 0.5) is 5.95 Å². The highest BCUT2D eigenvalue weighted by Gasteiger charge is 2.45. The first kappa shape index (κ1) is 18.3. The molecule has 3 heterocycles. The van der Waals surface area contributed by atoms with Crippen molar-refractivity contribution in [2.75, 3.05) is 24.5 Å². The van der Waals surface area contributed by atoms with Gasteiger partial charge in [-0.25, -0.2) is 9.97 Å². The lowest BCUT2D eigenvalue weighted by Crippen LogP contribution is -2.23. The molecule has 2 aromatic heterocycles. The van der Waals surface area contributed by atoms with Crippen LogP contribution in [0.2, 0.25) is 5.02 Å². The molecule has 6 nitrogen and oxygen atoms in total. The Balaban J connectivity index is 0.000000151. The Labute approximate surface area is 158 Å². The lowest BCUT2D eigenvalue weighted by Gasteiger charge is -2.16. The average Bonchev–Trinajstić information content (AvgIpc) is 3.28. The number of pyridine rings is 1. The summed E-state index contributed by atoms with van der Waals surface area (Å²) in [5.74, 6) is 2.58. The van der Waals surface area contributed by atoms with Gasteiger partial charge >= 0.3 is 0 Å². The van der Waals surface area contributed by atoms with E-state index in [2.05, 4.69) is 25.2 Å². The fraction of sp³-hybridized carbons (Fsp3) is 0.368. The monoisotopic (exact) mass is 371 g/mol. The van der Waals surface area contributed by atoms with E-state index < -0.39 is 0 Å². The highest BCUT2D eigenvalue weighted by molar-refractivity contribution is 6.30. The Hall–Kier alpha value is -2.47. The zero-order valence-corrected chi connectivity index (χ0v) is 15.4. The van der Waals surface area contributed by atoms with Gasteiger partial charge < -0.3 is 10.2 Å². The Bertz CT molecular complexity index is 740. The summed E-state index contributed by atoms with van der Waals surface area (Å²) < 4.78 is 0. The van der Waals surface area contributed by atoms with E-state index in [0.717, 1.165) is 36.4 Å². The van der Waals surface area contributed by atoms with Gasteiger partial charge in [0.15, 0.2) is 0 Å². The van der Waals surface area contributed by atoms with Crippen LogP contribution in [0.3, 0.4) is 0 Å². The molecule has 2 aliphatic rings. The summed E-state index contributed by atoms with van der Waals surface area (Å²) in [6.45, 7) is 4.80. The summed E-state index contributed by atoms with van der Waals surface area (Å²) in [6, 6.07) is 3.72. The third kappa shape index (κ3) is 5.26. The van der Waals surface area contributed by atoms with E-state index in [-0.39, 0.29) is 5.91 Å². The molecule has 0 bridgehead atoms. The Kier molecular flexibility index (Phi) is 6.17. The molecule has 1 amide bonds. The highest BCUT2D eigenvalue weighted by atomic mass is 35.5. The molecule has 0 radical (unpaired) electrons. The summed E-state index contributed by atoms with van der Waals surface area (Å²) in [7, 11) is 0. The van der Waals surface area contributed by atoms with Crippen molar-refractivity contribution < 1.29 is 4.79 Å². The first-order valence-electron chi connectivity index (χ1n) is 8.74. The molecular formula is C19H22ClN5O. The van der Waals surface area contributed by atoms with Gasteiger partial charge in [0.2, 0.25) is 11.9 Å². The summed E-state index contributed by atoms with van der Waals surface area (Å²) in [5.41, 5.74) is 0.925. The van der Waals surface area contributed by atoms with Crippen LogP contribution in [0.1, 0.15) is 18.9 Å². The molecule has 1 aliphatic heterocycles. The molecule has 136 valence electrons. The van der Waals surface area contributed by atoms with Gasteiger partial charge in [-0.2, -0.15) is 0 Å². The molecule has 1 aliphatic carbocycles. The van der Waals surface area contributed by atoms with Crippen LogP contribution in [0.5, 0.6) is 0 Å². The van der Waals surface area contributed by atoms with E-state index in [1.165, 1.54) is 12.5 Å². The van der Waals surface area contributed by atoms with Crippen LogP contribution in [0.15, 0.2) is 43.0 Å². The fourth-order valence-electron chi connectivity index (χ4n) is 2.91. The van der Waals surface area contributed by atoms with Gasteiger partial charge in [0.05, 0.1) is 17.4 Å². The maximum absolute atomic E-state index is 11.0. The van der Waals surface area contributed by atoms with Gasteiger partial charge in [-0.1, -0.05) is 17.7 Å². The van der Waals surface area contributed by atoms with Crippen molar-refractivity contribution in [1.82, 2.24) is 20.3 Å². The first-order chi connectivity index (χ1) is 12.7. The van der Waals surface area contributed by atoms with E-state index >= 15 is 0 Å². The number of amides is 1. The number of halogens is 1. The number of nitrogens with one attached hydrogen (secondary N) is 1. The summed E-state index contributed by atoms with van der Waals surface area (Å²) in [5, 5.41) is 3.27. The molecule has 2 fully saturated rings. The van der Waals surface area contributed by atoms with Gasteiger partial charge in [0.25, 0.3) is 0 Å². The predicted molar refractivity (Wildman–Crippen MR) is 103 cm³/mol. The molecule has 2 unspecified atom stereocenters. The lowest BCUT2D eigenvalue weighted by molar-refractivity contribution is -0.116. The minimum atomic E-state index is -0.0775. The van der Waals surface area contributed by atoms with Gasteiger partial charge in [-0.05, 0) is 42.9 Å². The number of aromatic nitrogens is 3. The van der Waals surface area contributed by atoms with Crippen LogP contribution in [-0.2, 0) is 4.79 Å². The first-order valence-corrected chi connectivity index (χ1v) is 9.12. The van der Waals surface area contributed by atoms with Gasteiger partial charge in [-0.3, -0.25) is 9.78 Å². The quantitative estimate of drug-likeness (QED) is 0.837. The van der Waals surface area contributed by atoms with Crippen molar-refractivity contribution >= 4 is 29.5 Å². The van der Waals surface area contributed by atoms with Gasteiger partial charge in [-0.15, -0.1) is 0 Å². The third-order valence-electron chi connectivity index (χ3n) is 4.33. The second kappa shape index (κ2) is 8.76. The minimum Gasteiger partial charge on any atom is -0.353 e. The van der Waals surface area contributed by atoms with E-state index in [0.29, 0.717) is 11.6 Å². The van der Waals surface area contributed by atoms with Crippen molar-refractivity contribution in [2.24, 2.45) is 11.8 Å². The SMILES string of the molecule is CCNC(=O)/C=C/c1cccnc1.Clc1cnc(N2CC3CC3C2)nc1. The molecule has 0 aromatic carbocycles. The summed E-state index contributed by atoms with van der Waals surface area (Å²) in [6.07, 6.45) is 11.4. The second-order valence-electron chi connectivity index (χ2n) is 6.38. The number of nitrogens with zero attached hydrogens (tertiary/aromatic N) is 4. The molecule has 1 saturated heterocycles. The van der Waals surface area contributed by atoms with Crippen LogP contribution in [-0.4, -0.2) is 40.5 Å². The number of carbonyl (C=O) groups excluding carboxylic acids is 1. The number of hydrogen-bond donors (Lipinski definition) is 1. The third-order valence-corrected chi connectivity index (χ3v) is 4.53. The number of fused-ring (bicyclic) bond motifs is 1. The smallest absolute Gasteiger partial charge is 0.243 e. The zero-order chi connectivity index (χ0) is 18.4. The molecule has 2 aromatic rings. The lowest BCUT2D eigenvalue weighted by atomic mass is 10.2. The van der Waals surface area contributed by atoms with E-state index in [9.17, 15) is 4.79 Å². The molecule has 2 atom stereocenters. The van der Waals surface area contributed by atoms with Crippen molar-refractivity contribution in [3.63, 3.8) is 0 Å². The standard InChI is InChI=1S/C10H12N2O.C9H10ClN3/c1-2-12-10(13)6-5-9-4-3-7-11-8-9;10-8-2-11-9(12-3-8)13-4-6-1-7(6)5-13/h3-8H,2H2,1H3,(H,12,13);2-3,6-7H,1,4-5H2/b6-5+;. The van der Waals surface area contributed by atoms with Crippen molar-refractivity contribution in [1.29, 1.82) is 0 Å². The Morgan fingerprint density at radius 3 is 2.65 bits per heavy atom. The molecule has 4 rings (SSSR count). The van der Waals surface area contributed by atoms with Crippen molar-refractivity contribution in [3.05, 3.63) is 53.6 Å². The summed E-state index contributed by atoms with van der Waals surface area (Å²) >= 11 is 5.71. The predicted octanol–water partition coefficient (Wildman–Crippen LogP) is 2.82. The van der Waals surface area contributed by atoms with Crippen LogP contribution >= 0.6 is 11.6 Å². The van der Waals surface area contributed by atoms with E-state index in [1.54, 1.807) is 30.9 Å². The second-order valence-corrected chi connectivity index (χ2v) is 6.81. The van der Waals surface area contributed by atoms with Crippen molar-refractivity contribution in [2.45, 2.75) is 13.3 Å². The zero-order valence-electron chi connectivity index (χ0n) is 14.7. The normalized spacial score (nSPS) is 20.3. The number of rotatable bonds is 4. The molecule has 1 N–H and O–H groups in total. The average molecular weight is 372 g/mol. The number of carbonyl (C=O) groups is 1. The Morgan fingerprint density at radius 1 is 1.31 bits per heavy atom. The molecule has 26 heavy (non-hydrogen) atoms. The number of likely N-dealkylation sites (N-methyl/N-ethyl adjacent to an activating group) is 1. The minimum absolute atomic E-state index is 0.0775.